The molecule has 0 bridgehead atoms. The molecule has 0 aliphatic heterocycles. The molecule has 0 aliphatic carbocycles. The second-order valence-electron chi connectivity index (χ2n) is 7.26. The van der Waals surface area contributed by atoms with Crippen LogP contribution in [0.15, 0.2) is 69.9 Å². The number of benzene rings is 2. The third-order valence-corrected chi connectivity index (χ3v) is 4.60. The number of hydrogen-bond acceptors (Lipinski definition) is 8. The number of carboxylic acids is 1. The van der Waals surface area contributed by atoms with E-state index in [1.807, 2.05) is 48.5 Å². The summed E-state index contributed by atoms with van der Waals surface area (Å²) in [5.74, 6) is -1.000. The molecule has 2 aromatic heterocycles. The first-order valence-corrected chi connectivity index (χ1v) is 11.3. The molecular weight excluding hydrogens is 468 g/mol. The zero-order chi connectivity index (χ0) is 25.3. The highest BCUT2D eigenvalue weighted by molar-refractivity contribution is 7.79. The van der Waals surface area contributed by atoms with Gasteiger partial charge in [0, 0.05) is 28.8 Å². The van der Waals surface area contributed by atoms with E-state index in [1.165, 1.54) is 0 Å². The van der Waals surface area contributed by atoms with Crippen LogP contribution in [-0.4, -0.2) is 52.4 Å². The molecule has 0 saturated carbocycles. The molecule has 0 spiro atoms. The van der Waals surface area contributed by atoms with Crippen molar-refractivity contribution in [2.45, 2.75) is 24.9 Å². The van der Waals surface area contributed by atoms with Gasteiger partial charge >= 0.3 is 16.4 Å². The van der Waals surface area contributed by atoms with Crippen molar-refractivity contribution in [1.82, 2.24) is 0 Å². The molecule has 0 amide bonds. The lowest BCUT2D eigenvalue weighted by Crippen LogP contribution is -2.32. The SMILES string of the molecule is N[C@@H](CO)Cc1coc2ccccc12.N[C@H](Cc1coc2ccccc12)C(=O)O.O=S(=O)(O)O. The first-order valence-electron chi connectivity index (χ1n) is 9.94. The van der Waals surface area contributed by atoms with Gasteiger partial charge in [0.15, 0.2) is 0 Å². The Kier molecular flexibility index (Phi) is 9.74. The normalized spacial score (nSPS) is 12.9. The number of para-hydroxylation sites is 2. The van der Waals surface area contributed by atoms with Crippen LogP contribution in [0.5, 0.6) is 0 Å². The lowest BCUT2D eigenvalue weighted by atomic mass is 10.1. The minimum Gasteiger partial charge on any atom is -0.480 e. The lowest BCUT2D eigenvalue weighted by Gasteiger charge is -2.05. The number of aliphatic hydroxyl groups excluding tert-OH is 1. The van der Waals surface area contributed by atoms with Crippen molar-refractivity contribution < 1.29 is 41.4 Å². The monoisotopic (exact) mass is 494 g/mol. The van der Waals surface area contributed by atoms with Crippen molar-refractivity contribution in [3.63, 3.8) is 0 Å². The van der Waals surface area contributed by atoms with Crippen molar-refractivity contribution >= 4 is 38.3 Å². The molecule has 4 aromatic rings. The summed E-state index contributed by atoms with van der Waals surface area (Å²) in [5, 5.41) is 19.6. The van der Waals surface area contributed by atoms with Gasteiger partial charge in [0.05, 0.1) is 19.1 Å². The van der Waals surface area contributed by atoms with Gasteiger partial charge in [-0.25, -0.2) is 0 Å². The van der Waals surface area contributed by atoms with Gasteiger partial charge in [-0.05, 0) is 24.1 Å². The van der Waals surface area contributed by atoms with Crippen LogP contribution in [0.2, 0.25) is 0 Å². The van der Waals surface area contributed by atoms with Gasteiger partial charge < -0.3 is 30.5 Å². The highest BCUT2D eigenvalue weighted by Crippen LogP contribution is 2.22. The molecule has 11 nitrogen and oxygen atoms in total. The third-order valence-electron chi connectivity index (χ3n) is 4.60. The Labute approximate surface area is 195 Å². The van der Waals surface area contributed by atoms with E-state index in [1.54, 1.807) is 12.5 Å². The van der Waals surface area contributed by atoms with Crippen LogP contribution in [0.1, 0.15) is 11.1 Å². The van der Waals surface area contributed by atoms with E-state index in [0.29, 0.717) is 6.42 Å². The zero-order valence-electron chi connectivity index (χ0n) is 17.9. The smallest absolute Gasteiger partial charge is 0.394 e. The molecule has 0 radical (unpaired) electrons. The second-order valence-corrected chi connectivity index (χ2v) is 8.15. The molecule has 8 N–H and O–H groups in total. The summed E-state index contributed by atoms with van der Waals surface area (Å²) in [6.45, 7) is -0.000489. The van der Waals surface area contributed by atoms with Crippen LogP contribution in [0.25, 0.3) is 21.9 Å². The molecule has 2 heterocycles. The first kappa shape index (κ1) is 27.0. The summed E-state index contributed by atoms with van der Waals surface area (Å²) < 4.78 is 42.2. The second kappa shape index (κ2) is 12.3. The fourth-order valence-electron chi connectivity index (χ4n) is 3.05. The fraction of sp³-hybridized carbons (Fsp3) is 0.227. The molecule has 0 unspecified atom stereocenters. The number of aliphatic carboxylic acids is 1. The van der Waals surface area contributed by atoms with Crippen molar-refractivity contribution in [3.8, 4) is 0 Å². The minimum atomic E-state index is -4.67. The van der Waals surface area contributed by atoms with Gasteiger partial charge in [0.1, 0.15) is 17.2 Å². The number of aliphatic hydroxyl groups is 1. The molecule has 0 fully saturated rings. The molecule has 2 atom stereocenters. The van der Waals surface area contributed by atoms with Gasteiger partial charge in [0.25, 0.3) is 0 Å². The largest absolute Gasteiger partial charge is 0.480 e. The van der Waals surface area contributed by atoms with E-state index in [0.717, 1.165) is 33.1 Å². The molecule has 34 heavy (non-hydrogen) atoms. The average Bonchev–Trinajstić information content (AvgIpc) is 3.37. The maximum atomic E-state index is 10.6. The van der Waals surface area contributed by atoms with Gasteiger partial charge in [-0.1, -0.05) is 36.4 Å². The average molecular weight is 495 g/mol. The maximum absolute atomic E-state index is 10.6. The fourth-order valence-corrected chi connectivity index (χ4v) is 3.05. The Morgan fingerprint density at radius 3 is 1.68 bits per heavy atom. The summed E-state index contributed by atoms with van der Waals surface area (Å²) in [7, 11) is -4.67. The highest BCUT2D eigenvalue weighted by Gasteiger charge is 2.15. The van der Waals surface area contributed by atoms with Crippen molar-refractivity contribution in [1.29, 1.82) is 0 Å². The zero-order valence-corrected chi connectivity index (χ0v) is 18.8. The molecule has 2 aromatic carbocycles. The number of carboxylic acid groups (broad SMARTS) is 1. The summed E-state index contributed by atoms with van der Waals surface area (Å²) in [5.41, 5.74) is 14.6. The van der Waals surface area contributed by atoms with E-state index < -0.39 is 22.4 Å². The molecular formula is C22H26N2O9S. The summed E-state index contributed by atoms with van der Waals surface area (Å²) >= 11 is 0. The highest BCUT2D eigenvalue weighted by atomic mass is 32.3. The first-order chi connectivity index (χ1) is 16.0. The number of nitrogens with two attached hydrogens (primary N) is 2. The summed E-state index contributed by atoms with van der Waals surface area (Å²) in [4.78, 5) is 10.6. The predicted octanol–water partition coefficient (Wildman–Crippen LogP) is 2.03. The van der Waals surface area contributed by atoms with E-state index in [-0.39, 0.29) is 19.1 Å². The van der Waals surface area contributed by atoms with E-state index in [2.05, 4.69) is 0 Å². The number of carbonyl (C=O) groups is 1. The molecule has 0 aliphatic rings. The number of hydrogen-bond donors (Lipinski definition) is 6. The quantitative estimate of drug-likeness (QED) is 0.213. The van der Waals surface area contributed by atoms with Crippen molar-refractivity contribution in [3.05, 3.63) is 72.2 Å². The Morgan fingerprint density at radius 2 is 1.26 bits per heavy atom. The van der Waals surface area contributed by atoms with Crippen LogP contribution in [0.4, 0.5) is 0 Å². The summed E-state index contributed by atoms with van der Waals surface area (Å²) in [6.07, 6.45) is 4.20. The van der Waals surface area contributed by atoms with Crippen molar-refractivity contribution in [2.75, 3.05) is 6.61 Å². The lowest BCUT2D eigenvalue weighted by molar-refractivity contribution is -0.138. The molecule has 184 valence electrons. The van der Waals surface area contributed by atoms with Crippen LogP contribution < -0.4 is 11.5 Å². The Bertz CT molecular complexity index is 1310. The minimum absolute atomic E-state index is 0.000489. The Hall–Kier alpha value is -3.26. The Balaban J connectivity index is 0.000000202. The number of furan rings is 2. The van der Waals surface area contributed by atoms with Crippen LogP contribution >= 0.6 is 0 Å². The van der Waals surface area contributed by atoms with Gasteiger partial charge in [-0.2, -0.15) is 8.42 Å². The molecule has 4 rings (SSSR count). The Morgan fingerprint density at radius 1 is 0.853 bits per heavy atom. The van der Waals surface area contributed by atoms with Crippen LogP contribution in [-0.2, 0) is 28.0 Å². The standard InChI is InChI=1S/C11H11NO3.C11H13NO2.H2O4S/c12-9(11(13)14)5-7-6-15-10-4-2-1-3-8(7)10;12-9(6-13)5-8-7-14-11-4-2-1-3-10(8)11;1-5(2,3)4/h1-4,6,9H,5,12H2,(H,13,14);1-4,7,9,13H,5-6,12H2;(H2,1,2,3,4)/t2*9-;/m11./s1. The van der Waals surface area contributed by atoms with Gasteiger partial charge in [0.2, 0.25) is 0 Å². The maximum Gasteiger partial charge on any atom is 0.394 e. The molecule has 12 heteroatoms. The predicted molar refractivity (Wildman–Crippen MR) is 125 cm³/mol. The van der Waals surface area contributed by atoms with Crippen molar-refractivity contribution in [2.24, 2.45) is 11.5 Å². The van der Waals surface area contributed by atoms with E-state index >= 15 is 0 Å². The summed E-state index contributed by atoms with van der Waals surface area (Å²) in [6, 6.07) is 14.2. The topological polar surface area (TPSA) is 210 Å². The van der Waals surface area contributed by atoms with Gasteiger partial charge in [-0.15, -0.1) is 0 Å². The number of rotatable bonds is 6. The van der Waals surface area contributed by atoms with Gasteiger partial charge in [-0.3, -0.25) is 13.9 Å². The molecule has 0 saturated heterocycles. The van der Waals surface area contributed by atoms with E-state index in [4.69, 9.17) is 48.0 Å². The van der Waals surface area contributed by atoms with Crippen LogP contribution in [0.3, 0.4) is 0 Å². The van der Waals surface area contributed by atoms with Crippen LogP contribution in [0, 0.1) is 0 Å². The third kappa shape index (κ3) is 8.59. The van der Waals surface area contributed by atoms with E-state index in [9.17, 15) is 4.79 Å². The number of fused-ring (bicyclic) bond motifs is 2.